The molecule has 0 amide bonds. The molecule has 0 radical (unpaired) electrons. The Morgan fingerprint density at radius 1 is 1.29 bits per heavy atom. The van der Waals surface area contributed by atoms with Crippen LogP contribution in [0.4, 0.5) is 0 Å². The van der Waals surface area contributed by atoms with Gasteiger partial charge in [-0.3, -0.25) is 10.1 Å². The number of carboxylic acid groups (broad SMARTS) is 1. The highest BCUT2D eigenvalue weighted by Crippen LogP contribution is 2.24. The SMILES string of the molecule is CC(C)Oc1cccc(C(NC2CCCCC2)C(=O)O)c1. The standard InChI is InChI=1S/C17H25NO3/c1-12(2)21-15-10-6-7-13(11-15)16(17(19)20)18-14-8-4-3-5-9-14/h6-7,10-12,14,16,18H,3-5,8-9H2,1-2H3,(H,19,20). The van der Waals surface area contributed by atoms with Crippen molar-refractivity contribution in [3.05, 3.63) is 29.8 Å². The molecule has 4 nitrogen and oxygen atoms in total. The van der Waals surface area contributed by atoms with Crippen molar-refractivity contribution < 1.29 is 14.6 Å². The van der Waals surface area contributed by atoms with Crippen molar-refractivity contribution in [1.29, 1.82) is 0 Å². The van der Waals surface area contributed by atoms with Gasteiger partial charge in [-0.15, -0.1) is 0 Å². The summed E-state index contributed by atoms with van der Waals surface area (Å²) in [7, 11) is 0. The van der Waals surface area contributed by atoms with Crippen LogP contribution in [-0.4, -0.2) is 23.2 Å². The van der Waals surface area contributed by atoms with E-state index >= 15 is 0 Å². The quantitative estimate of drug-likeness (QED) is 0.842. The van der Waals surface area contributed by atoms with Crippen LogP contribution >= 0.6 is 0 Å². The number of aliphatic carboxylic acids is 1. The number of ether oxygens (including phenoxy) is 1. The van der Waals surface area contributed by atoms with E-state index in [0.29, 0.717) is 6.04 Å². The minimum atomic E-state index is -0.831. The van der Waals surface area contributed by atoms with Gasteiger partial charge in [-0.1, -0.05) is 31.4 Å². The fourth-order valence-corrected chi connectivity index (χ4v) is 2.85. The number of carboxylic acids is 1. The van der Waals surface area contributed by atoms with Crippen LogP contribution in [-0.2, 0) is 4.79 Å². The van der Waals surface area contributed by atoms with Gasteiger partial charge >= 0.3 is 5.97 Å². The van der Waals surface area contributed by atoms with Crippen molar-refractivity contribution in [3.8, 4) is 5.75 Å². The first-order chi connectivity index (χ1) is 10.1. The lowest BCUT2D eigenvalue weighted by molar-refractivity contribution is -0.140. The first kappa shape index (κ1) is 15.8. The Bertz CT molecular complexity index is 467. The monoisotopic (exact) mass is 291 g/mol. The maximum Gasteiger partial charge on any atom is 0.325 e. The van der Waals surface area contributed by atoms with Gasteiger partial charge in [0.25, 0.3) is 0 Å². The molecule has 1 atom stereocenters. The van der Waals surface area contributed by atoms with Crippen LogP contribution in [0.1, 0.15) is 57.6 Å². The van der Waals surface area contributed by atoms with Crippen LogP contribution in [0.5, 0.6) is 5.75 Å². The first-order valence-corrected chi connectivity index (χ1v) is 7.81. The predicted molar refractivity (Wildman–Crippen MR) is 82.6 cm³/mol. The van der Waals surface area contributed by atoms with E-state index in [0.717, 1.165) is 24.2 Å². The highest BCUT2D eigenvalue weighted by atomic mass is 16.5. The maximum absolute atomic E-state index is 11.6. The zero-order valence-corrected chi connectivity index (χ0v) is 12.8. The van der Waals surface area contributed by atoms with Gasteiger partial charge in [-0.2, -0.15) is 0 Å². The molecule has 1 aromatic carbocycles. The molecular formula is C17H25NO3. The molecule has 0 saturated heterocycles. The lowest BCUT2D eigenvalue weighted by atomic mass is 9.94. The van der Waals surface area contributed by atoms with E-state index in [4.69, 9.17) is 4.74 Å². The van der Waals surface area contributed by atoms with Gasteiger partial charge in [0.2, 0.25) is 0 Å². The zero-order valence-electron chi connectivity index (χ0n) is 12.8. The highest BCUT2D eigenvalue weighted by molar-refractivity contribution is 5.75. The highest BCUT2D eigenvalue weighted by Gasteiger charge is 2.24. The van der Waals surface area contributed by atoms with Gasteiger partial charge in [-0.25, -0.2) is 0 Å². The summed E-state index contributed by atoms with van der Waals surface area (Å²) in [4.78, 5) is 11.6. The van der Waals surface area contributed by atoms with E-state index in [2.05, 4.69) is 5.32 Å². The molecule has 0 aliphatic heterocycles. The van der Waals surface area contributed by atoms with Crippen molar-refractivity contribution in [2.24, 2.45) is 0 Å². The molecule has 1 aliphatic carbocycles. The third kappa shape index (κ3) is 4.74. The van der Waals surface area contributed by atoms with Crippen molar-refractivity contribution >= 4 is 5.97 Å². The van der Waals surface area contributed by atoms with Crippen LogP contribution in [0.3, 0.4) is 0 Å². The minimum absolute atomic E-state index is 0.0785. The molecule has 0 bridgehead atoms. The third-order valence-corrected chi connectivity index (χ3v) is 3.82. The van der Waals surface area contributed by atoms with E-state index in [1.165, 1.54) is 19.3 Å². The molecule has 4 heteroatoms. The number of hydrogen-bond acceptors (Lipinski definition) is 3. The molecule has 0 spiro atoms. The van der Waals surface area contributed by atoms with Gasteiger partial charge in [0.15, 0.2) is 0 Å². The first-order valence-electron chi connectivity index (χ1n) is 7.81. The van der Waals surface area contributed by atoms with E-state index in [1.54, 1.807) is 0 Å². The molecule has 0 aromatic heterocycles. The van der Waals surface area contributed by atoms with Gasteiger partial charge in [0.1, 0.15) is 11.8 Å². The lowest BCUT2D eigenvalue weighted by Gasteiger charge is -2.27. The molecule has 21 heavy (non-hydrogen) atoms. The number of hydrogen-bond donors (Lipinski definition) is 2. The summed E-state index contributed by atoms with van der Waals surface area (Å²) in [5.41, 5.74) is 0.756. The molecule has 1 aliphatic rings. The Morgan fingerprint density at radius 3 is 2.62 bits per heavy atom. The fraction of sp³-hybridized carbons (Fsp3) is 0.588. The van der Waals surface area contributed by atoms with Crippen molar-refractivity contribution in [2.75, 3.05) is 0 Å². The number of rotatable bonds is 6. The van der Waals surface area contributed by atoms with Crippen LogP contribution in [0.25, 0.3) is 0 Å². The molecule has 116 valence electrons. The van der Waals surface area contributed by atoms with Gasteiger partial charge in [0, 0.05) is 6.04 Å². The lowest BCUT2D eigenvalue weighted by Crippen LogP contribution is -2.38. The number of carbonyl (C=O) groups is 1. The predicted octanol–water partition coefficient (Wildman–Crippen LogP) is 3.52. The summed E-state index contributed by atoms with van der Waals surface area (Å²) in [5.74, 6) is -0.110. The summed E-state index contributed by atoms with van der Waals surface area (Å²) >= 11 is 0. The molecule has 2 N–H and O–H groups in total. The summed E-state index contributed by atoms with van der Waals surface area (Å²) in [6.07, 6.45) is 5.82. The zero-order chi connectivity index (χ0) is 15.2. The normalized spacial score (nSPS) is 17.7. The summed E-state index contributed by atoms with van der Waals surface area (Å²) < 4.78 is 5.65. The molecule has 1 unspecified atom stereocenters. The van der Waals surface area contributed by atoms with E-state index in [1.807, 2.05) is 38.1 Å². The topological polar surface area (TPSA) is 58.6 Å². The van der Waals surface area contributed by atoms with E-state index in [9.17, 15) is 9.90 Å². The molecular weight excluding hydrogens is 266 g/mol. The van der Waals surface area contributed by atoms with E-state index < -0.39 is 12.0 Å². The Kier molecular flexibility index (Phi) is 5.62. The Balaban J connectivity index is 2.11. The second-order valence-corrected chi connectivity index (χ2v) is 6.01. The Morgan fingerprint density at radius 2 is 2.00 bits per heavy atom. The fourth-order valence-electron chi connectivity index (χ4n) is 2.85. The third-order valence-electron chi connectivity index (χ3n) is 3.82. The molecule has 1 fully saturated rings. The van der Waals surface area contributed by atoms with Gasteiger partial charge in [-0.05, 0) is 44.4 Å². The average Bonchev–Trinajstić information content (AvgIpc) is 2.45. The molecule has 0 heterocycles. The Labute approximate surface area is 126 Å². The van der Waals surface area contributed by atoms with Crippen LogP contribution < -0.4 is 10.1 Å². The van der Waals surface area contributed by atoms with Crippen LogP contribution in [0.2, 0.25) is 0 Å². The molecule has 2 rings (SSSR count). The van der Waals surface area contributed by atoms with Crippen LogP contribution in [0, 0.1) is 0 Å². The molecule has 1 aromatic rings. The van der Waals surface area contributed by atoms with Crippen molar-refractivity contribution in [2.45, 2.75) is 64.1 Å². The average molecular weight is 291 g/mol. The number of benzene rings is 1. The van der Waals surface area contributed by atoms with E-state index in [-0.39, 0.29) is 6.10 Å². The van der Waals surface area contributed by atoms with Crippen LogP contribution in [0.15, 0.2) is 24.3 Å². The van der Waals surface area contributed by atoms with Crippen molar-refractivity contribution in [3.63, 3.8) is 0 Å². The smallest absolute Gasteiger partial charge is 0.325 e. The number of nitrogens with one attached hydrogen (secondary N) is 1. The second-order valence-electron chi connectivity index (χ2n) is 6.01. The summed E-state index contributed by atoms with van der Waals surface area (Å²) in [5, 5.41) is 12.8. The largest absolute Gasteiger partial charge is 0.491 e. The molecule has 1 saturated carbocycles. The summed E-state index contributed by atoms with van der Waals surface area (Å²) in [6.45, 7) is 3.92. The van der Waals surface area contributed by atoms with Gasteiger partial charge < -0.3 is 9.84 Å². The van der Waals surface area contributed by atoms with Gasteiger partial charge in [0.05, 0.1) is 6.10 Å². The summed E-state index contributed by atoms with van der Waals surface area (Å²) in [6, 6.07) is 7.03. The maximum atomic E-state index is 11.6. The minimum Gasteiger partial charge on any atom is -0.491 e. The van der Waals surface area contributed by atoms with Crippen molar-refractivity contribution in [1.82, 2.24) is 5.32 Å². The Hall–Kier alpha value is -1.55. The second kappa shape index (κ2) is 7.46.